The van der Waals surface area contributed by atoms with Crippen molar-refractivity contribution in [3.05, 3.63) is 36.5 Å². The van der Waals surface area contributed by atoms with Crippen molar-refractivity contribution in [1.29, 1.82) is 0 Å². The lowest BCUT2D eigenvalue weighted by molar-refractivity contribution is 1.47. The van der Waals surface area contributed by atoms with Gasteiger partial charge in [-0.15, -0.1) is 0 Å². The third-order valence-corrected chi connectivity index (χ3v) is 1.65. The van der Waals surface area contributed by atoms with Gasteiger partial charge in [0.05, 0.1) is 0 Å². The highest BCUT2D eigenvalue weighted by molar-refractivity contribution is 9.09. The number of halogens is 1. The Bertz CT molecular complexity index is 143. The summed E-state index contributed by atoms with van der Waals surface area (Å²) in [6.45, 7) is 9.41. The van der Waals surface area contributed by atoms with Crippen LogP contribution in [-0.2, 0) is 0 Å². The van der Waals surface area contributed by atoms with Gasteiger partial charge in [0, 0.05) is 5.33 Å². The minimum absolute atomic E-state index is 0.832. The Labute approximate surface area is 65.1 Å². The zero-order valence-electron chi connectivity index (χ0n) is 5.65. The molecule has 0 aromatic rings. The van der Waals surface area contributed by atoms with Gasteiger partial charge in [0.1, 0.15) is 0 Å². The van der Waals surface area contributed by atoms with Gasteiger partial charge in [0.25, 0.3) is 0 Å². The summed E-state index contributed by atoms with van der Waals surface area (Å²) < 4.78 is 0. The van der Waals surface area contributed by atoms with Crippen molar-refractivity contribution in [2.24, 2.45) is 0 Å². The van der Waals surface area contributed by atoms with Crippen LogP contribution in [0, 0.1) is 0 Å². The lowest BCUT2D eigenvalue weighted by atomic mass is 10.2. The molecule has 0 spiro atoms. The quantitative estimate of drug-likeness (QED) is 0.470. The van der Waals surface area contributed by atoms with Crippen LogP contribution in [0.3, 0.4) is 0 Å². The van der Waals surface area contributed by atoms with E-state index in [0.717, 1.165) is 16.5 Å². The lowest BCUT2D eigenvalue weighted by Crippen LogP contribution is -1.75. The van der Waals surface area contributed by atoms with Crippen molar-refractivity contribution in [2.75, 3.05) is 5.33 Å². The van der Waals surface area contributed by atoms with Crippen LogP contribution in [0.2, 0.25) is 0 Å². The van der Waals surface area contributed by atoms with Crippen LogP contribution in [0.1, 0.15) is 6.92 Å². The van der Waals surface area contributed by atoms with Gasteiger partial charge in [0.15, 0.2) is 0 Å². The summed E-state index contributed by atoms with van der Waals surface area (Å²) in [7, 11) is 0. The molecule has 9 heavy (non-hydrogen) atoms. The molecule has 0 aromatic carbocycles. The van der Waals surface area contributed by atoms with Crippen molar-refractivity contribution in [3.8, 4) is 0 Å². The second kappa shape index (κ2) is 4.57. The molecule has 0 aromatic heterocycles. The van der Waals surface area contributed by atoms with Gasteiger partial charge >= 0.3 is 0 Å². The standard InChI is InChI=1S/C8H11Br/c1-4-7(2)5-8(3)6-9/h4-5H,1,3,6H2,2H3. The second-order valence-electron chi connectivity index (χ2n) is 1.88. The monoisotopic (exact) mass is 186 g/mol. The van der Waals surface area contributed by atoms with Crippen molar-refractivity contribution in [2.45, 2.75) is 6.92 Å². The molecule has 0 saturated heterocycles. The van der Waals surface area contributed by atoms with E-state index in [9.17, 15) is 0 Å². The van der Waals surface area contributed by atoms with Crippen LogP contribution >= 0.6 is 15.9 Å². The summed E-state index contributed by atoms with van der Waals surface area (Å²) in [6, 6.07) is 0. The van der Waals surface area contributed by atoms with Crippen LogP contribution in [0.4, 0.5) is 0 Å². The van der Waals surface area contributed by atoms with E-state index >= 15 is 0 Å². The minimum Gasteiger partial charge on any atom is -0.0988 e. The van der Waals surface area contributed by atoms with E-state index in [1.54, 1.807) is 0 Å². The van der Waals surface area contributed by atoms with Gasteiger partial charge in [0.2, 0.25) is 0 Å². The summed E-state index contributed by atoms with van der Waals surface area (Å²) in [5.41, 5.74) is 2.23. The first kappa shape index (κ1) is 8.70. The maximum atomic E-state index is 3.79. The first-order valence-electron chi connectivity index (χ1n) is 2.75. The van der Waals surface area contributed by atoms with Gasteiger partial charge in [-0.25, -0.2) is 0 Å². The van der Waals surface area contributed by atoms with Crippen molar-refractivity contribution < 1.29 is 0 Å². The SMILES string of the molecule is C=CC(C)=CC(=C)CBr. The molecular formula is C8H11Br. The van der Waals surface area contributed by atoms with E-state index in [1.165, 1.54) is 0 Å². The predicted molar refractivity (Wildman–Crippen MR) is 46.9 cm³/mol. The van der Waals surface area contributed by atoms with Crippen molar-refractivity contribution in [3.63, 3.8) is 0 Å². The molecule has 0 aliphatic carbocycles. The molecule has 0 amide bonds. The molecule has 0 rings (SSSR count). The molecule has 0 aliphatic heterocycles. The van der Waals surface area contributed by atoms with E-state index in [0.29, 0.717) is 0 Å². The first-order chi connectivity index (χ1) is 4.20. The van der Waals surface area contributed by atoms with Gasteiger partial charge in [-0.3, -0.25) is 0 Å². The van der Waals surface area contributed by atoms with Crippen molar-refractivity contribution in [1.82, 2.24) is 0 Å². The van der Waals surface area contributed by atoms with E-state index in [-0.39, 0.29) is 0 Å². The average Bonchev–Trinajstić information content (AvgIpc) is 1.87. The molecule has 0 nitrogen and oxygen atoms in total. The van der Waals surface area contributed by atoms with Crippen LogP contribution < -0.4 is 0 Å². The number of hydrogen-bond donors (Lipinski definition) is 0. The Morgan fingerprint density at radius 2 is 2.22 bits per heavy atom. The number of allylic oxidation sites excluding steroid dienone is 4. The fourth-order valence-corrected chi connectivity index (χ4v) is 0.581. The van der Waals surface area contributed by atoms with Crippen LogP contribution in [-0.4, -0.2) is 5.33 Å². The zero-order valence-corrected chi connectivity index (χ0v) is 7.24. The molecule has 0 aliphatic rings. The average molecular weight is 187 g/mol. The first-order valence-corrected chi connectivity index (χ1v) is 3.87. The number of rotatable bonds is 3. The third kappa shape index (κ3) is 4.22. The summed E-state index contributed by atoms with van der Waals surface area (Å²) >= 11 is 3.29. The second-order valence-corrected chi connectivity index (χ2v) is 2.45. The molecule has 0 fully saturated rings. The van der Waals surface area contributed by atoms with Crippen LogP contribution in [0.25, 0.3) is 0 Å². The molecule has 0 radical (unpaired) electrons. The molecule has 0 heterocycles. The predicted octanol–water partition coefficient (Wildman–Crippen LogP) is 3.07. The number of alkyl halides is 1. The van der Waals surface area contributed by atoms with Gasteiger partial charge in [-0.2, -0.15) is 0 Å². The Hall–Kier alpha value is -0.300. The summed E-state index contributed by atoms with van der Waals surface area (Å²) in [4.78, 5) is 0. The lowest BCUT2D eigenvalue weighted by Gasteiger charge is -1.91. The van der Waals surface area contributed by atoms with Gasteiger partial charge in [-0.1, -0.05) is 46.8 Å². The highest BCUT2D eigenvalue weighted by Crippen LogP contribution is 2.02. The Balaban J connectivity index is 3.94. The molecule has 0 bridgehead atoms. The highest BCUT2D eigenvalue weighted by atomic mass is 79.9. The van der Waals surface area contributed by atoms with Gasteiger partial charge in [-0.05, 0) is 12.5 Å². The normalized spacial score (nSPS) is 11.1. The minimum atomic E-state index is 0.832. The molecule has 1 heteroatoms. The molecule has 50 valence electrons. The number of hydrogen-bond acceptors (Lipinski definition) is 0. The topological polar surface area (TPSA) is 0 Å². The smallest absolute Gasteiger partial charge is 0.0277 e. The maximum Gasteiger partial charge on any atom is 0.0277 e. The van der Waals surface area contributed by atoms with E-state index in [4.69, 9.17) is 0 Å². The third-order valence-electron chi connectivity index (χ3n) is 0.925. The van der Waals surface area contributed by atoms with E-state index in [2.05, 4.69) is 29.1 Å². The van der Waals surface area contributed by atoms with Crippen LogP contribution in [0.5, 0.6) is 0 Å². The van der Waals surface area contributed by atoms with Gasteiger partial charge < -0.3 is 0 Å². The molecular weight excluding hydrogens is 176 g/mol. The fraction of sp³-hybridized carbons (Fsp3) is 0.250. The summed E-state index contributed by atoms with van der Waals surface area (Å²) in [5, 5.41) is 0.832. The van der Waals surface area contributed by atoms with E-state index in [1.807, 2.05) is 19.1 Å². The zero-order chi connectivity index (χ0) is 7.28. The Kier molecular flexibility index (Phi) is 4.41. The molecule has 0 N–H and O–H groups in total. The largest absolute Gasteiger partial charge is 0.0988 e. The fourth-order valence-electron chi connectivity index (χ4n) is 0.419. The van der Waals surface area contributed by atoms with Crippen LogP contribution in [0.15, 0.2) is 36.5 Å². The molecule has 0 atom stereocenters. The maximum absolute atomic E-state index is 3.79. The summed E-state index contributed by atoms with van der Waals surface area (Å²) in [6.07, 6.45) is 3.82. The Morgan fingerprint density at radius 3 is 2.56 bits per heavy atom. The Morgan fingerprint density at radius 1 is 1.67 bits per heavy atom. The van der Waals surface area contributed by atoms with E-state index < -0.39 is 0 Å². The van der Waals surface area contributed by atoms with Crippen molar-refractivity contribution >= 4 is 15.9 Å². The summed E-state index contributed by atoms with van der Waals surface area (Å²) in [5.74, 6) is 0. The highest BCUT2D eigenvalue weighted by Gasteiger charge is 1.83. The molecule has 0 unspecified atom stereocenters. The molecule has 0 saturated carbocycles.